The molecular formula is C30H35FN6O4S2. The Labute approximate surface area is 259 Å². The first kappa shape index (κ1) is 29.6. The van der Waals surface area contributed by atoms with E-state index in [0.717, 1.165) is 37.7 Å². The Morgan fingerprint density at radius 3 is 2.77 bits per heavy atom. The number of aliphatic imine (C=N–C) groups is 1. The summed E-state index contributed by atoms with van der Waals surface area (Å²) < 4.78 is 20.3. The van der Waals surface area contributed by atoms with Crippen molar-refractivity contribution in [2.75, 3.05) is 39.3 Å². The fourth-order valence-corrected chi connectivity index (χ4v) is 7.75. The molecular weight excluding hydrogens is 592 g/mol. The van der Waals surface area contributed by atoms with Gasteiger partial charge in [0.05, 0.1) is 24.1 Å². The zero-order valence-corrected chi connectivity index (χ0v) is 25.8. The lowest BCUT2D eigenvalue weighted by molar-refractivity contribution is -0.141. The number of amidine groups is 1. The van der Waals surface area contributed by atoms with E-state index in [1.807, 2.05) is 5.38 Å². The van der Waals surface area contributed by atoms with Gasteiger partial charge in [0.1, 0.15) is 11.9 Å². The van der Waals surface area contributed by atoms with Gasteiger partial charge in [-0.15, -0.1) is 11.3 Å². The Morgan fingerprint density at radius 2 is 2.05 bits per heavy atom. The molecule has 4 heterocycles. The van der Waals surface area contributed by atoms with Crippen molar-refractivity contribution < 1.29 is 23.8 Å². The van der Waals surface area contributed by atoms with Gasteiger partial charge in [-0.3, -0.25) is 14.7 Å². The molecule has 0 bridgehead atoms. The number of carboxylic acid groups (broad SMARTS) is 1. The van der Waals surface area contributed by atoms with Crippen molar-refractivity contribution in [3.63, 3.8) is 0 Å². The van der Waals surface area contributed by atoms with E-state index in [2.05, 4.69) is 25.0 Å². The number of nitrogens with one attached hydrogen (secondary N) is 1. The number of fused-ring (bicyclic) bond motifs is 1. The predicted octanol–water partition coefficient (Wildman–Crippen LogP) is 3.34. The van der Waals surface area contributed by atoms with E-state index >= 15 is 0 Å². The van der Waals surface area contributed by atoms with Gasteiger partial charge in [0, 0.05) is 56.0 Å². The standard InChI is InChI=1S/C30H35FN6O4S2/c1-3-41-29(40)24-23(33-26(27-32-9-12-43-27)34-25(24)21-5-4-6-22(31)17(21)2)16-35-10-11-36-20(14-35)15-37(30(36)42)19-8-7-18(13-19)28(38)39/h4-6,9,12,18-20,25H,3,7-8,10-11,13-16H2,1-2H3,(H,33,34)(H,38,39)/t18-,19+,20-,25-/m0/s1. The number of hydrogen-bond acceptors (Lipinski definition) is 9. The monoisotopic (exact) mass is 626 g/mol. The van der Waals surface area contributed by atoms with Crippen molar-refractivity contribution in [1.29, 1.82) is 0 Å². The highest BCUT2D eigenvalue weighted by atomic mass is 32.1. The number of thiocarbonyl (C=S) groups is 1. The number of nitrogens with zero attached hydrogens (tertiary/aromatic N) is 5. The molecule has 1 saturated carbocycles. The number of aromatic nitrogens is 1. The highest BCUT2D eigenvalue weighted by molar-refractivity contribution is 7.80. The van der Waals surface area contributed by atoms with Crippen LogP contribution >= 0.6 is 23.6 Å². The van der Waals surface area contributed by atoms with Gasteiger partial charge >= 0.3 is 11.9 Å². The van der Waals surface area contributed by atoms with Gasteiger partial charge in [-0.05, 0) is 62.5 Å². The molecule has 3 fully saturated rings. The number of rotatable bonds is 8. The maximum absolute atomic E-state index is 14.7. The number of carbonyl (C=O) groups excluding carboxylic acids is 1. The molecule has 2 aromatic rings. The summed E-state index contributed by atoms with van der Waals surface area (Å²) in [7, 11) is 0. The second-order valence-electron chi connectivity index (χ2n) is 11.4. The zero-order chi connectivity index (χ0) is 30.2. The number of aliphatic carboxylic acids is 1. The third-order valence-electron chi connectivity index (χ3n) is 8.90. The second-order valence-corrected chi connectivity index (χ2v) is 12.7. The minimum atomic E-state index is -0.759. The largest absolute Gasteiger partial charge is 0.481 e. The van der Waals surface area contributed by atoms with Crippen LogP contribution in [-0.4, -0.2) is 99.1 Å². The molecule has 1 aromatic heterocycles. The summed E-state index contributed by atoms with van der Waals surface area (Å²) in [6, 6.07) is 4.40. The van der Waals surface area contributed by atoms with Crippen molar-refractivity contribution in [2.45, 2.75) is 51.2 Å². The van der Waals surface area contributed by atoms with E-state index in [9.17, 15) is 19.1 Å². The Kier molecular flexibility index (Phi) is 8.47. The molecule has 3 aliphatic heterocycles. The summed E-state index contributed by atoms with van der Waals surface area (Å²) in [5.41, 5.74) is 2.07. The quantitative estimate of drug-likeness (QED) is 0.335. The number of halogens is 1. The Hall–Kier alpha value is -3.42. The van der Waals surface area contributed by atoms with Crippen LogP contribution in [0.1, 0.15) is 48.4 Å². The van der Waals surface area contributed by atoms with Crippen LogP contribution in [0.25, 0.3) is 0 Å². The molecule has 0 amide bonds. The number of hydrogen-bond donors (Lipinski definition) is 2. The Balaban J connectivity index is 1.28. The average molecular weight is 627 g/mol. The summed E-state index contributed by atoms with van der Waals surface area (Å²) in [4.78, 5) is 41.2. The summed E-state index contributed by atoms with van der Waals surface area (Å²) >= 11 is 7.30. The first-order valence-electron chi connectivity index (χ1n) is 14.7. The van der Waals surface area contributed by atoms with Gasteiger partial charge in [-0.1, -0.05) is 12.1 Å². The number of esters is 1. The molecule has 6 rings (SSSR count). The van der Waals surface area contributed by atoms with Crippen molar-refractivity contribution in [2.24, 2.45) is 10.9 Å². The van der Waals surface area contributed by atoms with Crippen molar-refractivity contribution >= 4 is 46.4 Å². The van der Waals surface area contributed by atoms with E-state index in [4.69, 9.17) is 21.9 Å². The number of thiazole rings is 1. The van der Waals surface area contributed by atoms with Crippen molar-refractivity contribution in [3.8, 4) is 0 Å². The highest BCUT2D eigenvalue weighted by Gasteiger charge is 2.44. The molecule has 0 unspecified atom stereocenters. The van der Waals surface area contributed by atoms with E-state index in [1.165, 1.54) is 17.4 Å². The third kappa shape index (κ3) is 5.77. The fraction of sp³-hybridized carbons (Fsp3) is 0.500. The average Bonchev–Trinajstić information content (AvgIpc) is 3.75. The van der Waals surface area contributed by atoms with Crippen LogP contribution in [0.2, 0.25) is 0 Å². The van der Waals surface area contributed by atoms with Gasteiger partial charge in [-0.2, -0.15) is 0 Å². The molecule has 0 spiro atoms. The van der Waals surface area contributed by atoms with Crippen LogP contribution in [-0.2, 0) is 14.3 Å². The molecule has 4 atom stereocenters. The van der Waals surface area contributed by atoms with Crippen LogP contribution in [0.5, 0.6) is 0 Å². The maximum atomic E-state index is 14.7. The van der Waals surface area contributed by atoms with Crippen molar-refractivity contribution in [1.82, 2.24) is 25.0 Å². The number of carboxylic acids is 1. The minimum Gasteiger partial charge on any atom is -0.481 e. The van der Waals surface area contributed by atoms with E-state index in [-0.39, 0.29) is 30.4 Å². The molecule has 4 aliphatic rings. The summed E-state index contributed by atoms with van der Waals surface area (Å²) in [6.45, 7) is 7.03. The van der Waals surface area contributed by atoms with E-state index in [1.54, 1.807) is 32.2 Å². The van der Waals surface area contributed by atoms with E-state index < -0.39 is 18.0 Å². The zero-order valence-electron chi connectivity index (χ0n) is 24.2. The lowest BCUT2D eigenvalue weighted by atomic mass is 9.92. The van der Waals surface area contributed by atoms with Crippen LogP contribution in [0, 0.1) is 18.7 Å². The van der Waals surface area contributed by atoms with Gasteiger partial charge in [0.2, 0.25) is 0 Å². The topological polar surface area (TPSA) is 111 Å². The summed E-state index contributed by atoms with van der Waals surface area (Å²) in [5.74, 6) is -1.35. The molecule has 1 aromatic carbocycles. The smallest absolute Gasteiger partial charge is 0.338 e. The van der Waals surface area contributed by atoms with Gasteiger partial charge < -0.3 is 25.0 Å². The maximum Gasteiger partial charge on any atom is 0.338 e. The van der Waals surface area contributed by atoms with Crippen LogP contribution in [0.4, 0.5) is 4.39 Å². The van der Waals surface area contributed by atoms with Crippen molar-refractivity contribution in [3.05, 3.63) is 63.0 Å². The van der Waals surface area contributed by atoms with Crippen LogP contribution in [0.15, 0.2) is 46.0 Å². The van der Waals surface area contributed by atoms with Gasteiger partial charge in [-0.25, -0.2) is 14.2 Å². The lowest BCUT2D eigenvalue weighted by Crippen LogP contribution is -2.53. The number of carbonyl (C=O) groups is 2. The Bertz CT molecular complexity index is 1480. The van der Waals surface area contributed by atoms with Gasteiger partial charge in [0.15, 0.2) is 16.0 Å². The molecule has 0 radical (unpaired) electrons. The molecule has 228 valence electrons. The van der Waals surface area contributed by atoms with Gasteiger partial charge in [0.25, 0.3) is 0 Å². The predicted molar refractivity (Wildman–Crippen MR) is 164 cm³/mol. The molecule has 2 N–H and O–H groups in total. The summed E-state index contributed by atoms with van der Waals surface area (Å²) in [6.07, 6.45) is 3.84. The number of ether oxygens (including phenoxy) is 1. The molecule has 2 saturated heterocycles. The summed E-state index contributed by atoms with van der Waals surface area (Å²) in [5, 5.41) is 16.2. The second kappa shape index (κ2) is 12.3. The molecule has 1 aliphatic carbocycles. The van der Waals surface area contributed by atoms with E-state index in [0.29, 0.717) is 52.6 Å². The third-order valence-corrected chi connectivity index (χ3v) is 10.2. The highest BCUT2D eigenvalue weighted by Crippen LogP contribution is 2.37. The lowest BCUT2D eigenvalue weighted by Gasteiger charge is -2.39. The SMILES string of the molecule is CCOC(=O)C1=C(CN2CCN3C(=S)N([C@@H]4CC[C@H](C(=O)O)C4)C[C@@H]3C2)NC(c2nccs2)=N[C@H]1c1cccc(F)c1C. The Morgan fingerprint density at radius 1 is 1.21 bits per heavy atom. The van der Waals surface area contributed by atoms with Crippen LogP contribution in [0.3, 0.4) is 0 Å². The van der Waals surface area contributed by atoms with Crippen LogP contribution < -0.4 is 5.32 Å². The normalized spacial score (nSPS) is 25.9. The minimum absolute atomic E-state index is 0.151. The first-order chi connectivity index (χ1) is 20.7. The number of benzene rings is 1. The molecule has 13 heteroatoms. The number of piperazine rings is 1. The first-order valence-corrected chi connectivity index (χ1v) is 16.0. The molecule has 10 nitrogen and oxygen atoms in total. The molecule has 43 heavy (non-hydrogen) atoms. The fourth-order valence-electron chi connectivity index (χ4n) is 6.70.